The molecule has 0 bridgehead atoms. The highest BCUT2D eigenvalue weighted by atomic mass is 35.5. The highest BCUT2D eigenvalue weighted by molar-refractivity contribution is 8.18. The summed E-state index contributed by atoms with van der Waals surface area (Å²) < 4.78 is 5.80. The molecule has 2 aromatic rings. The molecule has 1 aliphatic rings. The lowest BCUT2D eigenvalue weighted by Crippen LogP contribution is -2.36. The van der Waals surface area contributed by atoms with Gasteiger partial charge in [0, 0.05) is 6.04 Å². The number of thioether (sulfide) groups is 1. The number of hydrogen-bond acceptors (Lipinski definition) is 4. The second-order valence-electron chi connectivity index (χ2n) is 6.90. The largest absolute Gasteiger partial charge is 0.486 e. The van der Waals surface area contributed by atoms with Crippen molar-refractivity contribution in [2.75, 3.05) is 0 Å². The minimum atomic E-state index is -0.290. The molecule has 1 saturated heterocycles. The summed E-state index contributed by atoms with van der Waals surface area (Å²) >= 11 is 13.7. The average Bonchev–Trinajstić information content (AvgIpc) is 2.95. The van der Waals surface area contributed by atoms with Crippen LogP contribution in [0.2, 0.25) is 10.0 Å². The molecule has 29 heavy (non-hydrogen) atoms. The van der Waals surface area contributed by atoms with Gasteiger partial charge in [-0.25, -0.2) is 0 Å². The zero-order chi connectivity index (χ0) is 21.1. The van der Waals surface area contributed by atoms with Crippen LogP contribution in [0.15, 0.2) is 41.3 Å². The summed E-state index contributed by atoms with van der Waals surface area (Å²) in [4.78, 5) is 26.4. The first-order valence-corrected chi connectivity index (χ1v) is 10.8. The normalized spacial score (nSPS) is 16.6. The Balaban J connectivity index is 1.78. The number of amides is 2. The lowest BCUT2D eigenvalue weighted by Gasteiger charge is -2.19. The van der Waals surface area contributed by atoms with Crippen molar-refractivity contribution in [1.29, 1.82) is 0 Å². The maximum atomic E-state index is 12.6. The van der Waals surface area contributed by atoms with Gasteiger partial charge in [-0.2, -0.15) is 0 Å². The molecule has 0 saturated carbocycles. The Morgan fingerprint density at radius 2 is 1.76 bits per heavy atom. The van der Waals surface area contributed by atoms with Crippen LogP contribution in [0.25, 0.3) is 6.08 Å². The molecule has 1 heterocycles. The summed E-state index contributed by atoms with van der Waals surface area (Å²) in [6.07, 6.45) is 2.34. The Hall–Kier alpha value is -1.95. The standard InChI is InChI=1S/C22H21Cl2NO3S/c1-4-14(3)25-21(26)19(29-22(25)27)11-16-9-17(23)20(18(24)10-16)28-12-15-7-5-13(2)6-8-15/h5-11,14H,4,12H2,1-3H3/b19-11+/t14-/m0/s1. The summed E-state index contributed by atoms with van der Waals surface area (Å²) in [6, 6.07) is 11.2. The molecule has 7 heteroatoms. The topological polar surface area (TPSA) is 46.6 Å². The van der Waals surface area contributed by atoms with Crippen molar-refractivity contribution in [3.05, 3.63) is 68.0 Å². The summed E-state index contributed by atoms with van der Waals surface area (Å²) in [5.41, 5.74) is 2.81. The molecule has 1 atom stereocenters. The summed E-state index contributed by atoms with van der Waals surface area (Å²) in [7, 11) is 0. The molecule has 0 unspecified atom stereocenters. The summed E-state index contributed by atoms with van der Waals surface area (Å²) in [5.74, 6) is 0.0973. The van der Waals surface area contributed by atoms with E-state index in [1.54, 1.807) is 18.2 Å². The predicted molar refractivity (Wildman–Crippen MR) is 120 cm³/mol. The van der Waals surface area contributed by atoms with E-state index in [9.17, 15) is 9.59 Å². The number of imide groups is 1. The van der Waals surface area contributed by atoms with Gasteiger partial charge in [0.05, 0.1) is 15.0 Å². The fourth-order valence-electron chi connectivity index (χ4n) is 2.83. The second kappa shape index (κ2) is 9.24. The zero-order valence-corrected chi connectivity index (χ0v) is 18.7. The van der Waals surface area contributed by atoms with Crippen LogP contribution in [0.4, 0.5) is 4.79 Å². The second-order valence-corrected chi connectivity index (χ2v) is 8.70. The van der Waals surface area contributed by atoms with E-state index in [0.29, 0.717) is 39.3 Å². The minimum absolute atomic E-state index is 0.141. The number of ether oxygens (including phenoxy) is 1. The molecule has 2 amide bonds. The van der Waals surface area contributed by atoms with Gasteiger partial charge in [-0.15, -0.1) is 0 Å². The van der Waals surface area contributed by atoms with Crippen molar-refractivity contribution in [3.8, 4) is 5.75 Å². The Bertz CT molecular complexity index is 950. The van der Waals surface area contributed by atoms with Gasteiger partial charge >= 0.3 is 0 Å². The highest BCUT2D eigenvalue weighted by Gasteiger charge is 2.37. The third-order valence-corrected chi connectivity index (χ3v) is 6.12. The Kier molecular flexibility index (Phi) is 6.93. The summed E-state index contributed by atoms with van der Waals surface area (Å²) in [5, 5.41) is 0.430. The minimum Gasteiger partial charge on any atom is -0.486 e. The molecule has 152 valence electrons. The van der Waals surface area contributed by atoms with Crippen LogP contribution in [0, 0.1) is 6.92 Å². The molecule has 0 aliphatic carbocycles. The van der Waals surface area contributed by atoms with Crippen molar-refractivity contribution in [2.45, 2.75) is 39.8 Å². The Morgan fingerprint density at radius 1 is 1.14 bits per heavy atom. The molecule has 1 fully saturated rings. The number of nitrogens with zero attached hydrogens (tertiary/aromatic N) is 1. The highest BCUT2D eigenvalue weighted by Crippen LogP contribution is 2.38. The molecular formula is C22H21Cl2NO3S. The van der Waals surface area contributed by atoms with Crippen LogP contribution < -0.4 is 4.74 Å². The van der Waals surface area contributed by atoms with Crippen LogP contribution in [-0.4, -0.2) is 22.1 Å². The Labute approximate surface area is 184 Å². The van der Waals surface area contributed by atoms with Gasteiger partial charge in [0.1, 0.15) is 6.61 Å². The van der Waals surface area contributed by atoms with E-state index in [1.807, 2.05) is 45.0 Å². The first kappa shape index (κ1) is 21.8. The third-order valence-electron chi connectivity index (χ3n) is 4.68. The van der Waals surface area contributed by atoms with Crippen molar-refractivity contribution >= 4 is 52.2 Å². The van der Waals surface area contributed by atoms with E-state index in [-0.39, 0.29) is 17.2 Å². The number of carbonyl (C=O) groups is 2. The van der Waals surface area contributed by atoms with Crippen molar-refractivity contribution in [2.24, 2.45) is 0 Å². The first-order chi connectivity index (χ1) is 13.8. The quantitative estimate of drug-likeness (QED) is 0.459. The van der Waals surface area contributed by atoms with E-state index in [2.05, 4.69) is 0 Å². The smallest absolute Gasteiger partial charge is 0.293 e. The maximum absolute atomic E-state index is 12.6. The Morgan fingerprint density at radius 3 is 2.34 bits per heavy atom. The van der Waals surface area contributed by atoms with Gasteiger partial charge in [-0.1, -0.05) is 60.0 Å². The molecule has 2 aromatic carbocycles. The van der Waals surface area contributed by atoms with Crippen LogP contribution in [0.5, 0.6) is 5.75 Å². The van der Waals surface area contributed by atoms with E-state index >= 15 is 0 Å². The van der Waals surface area contributed by atoms with E-state index in [0.717, 1.165) is 17.3 Å². The van der Waals surface area contributed by atoms with Gasteiger partial charge < -0.3 is 4.74 Å². The monoisotopic (exact) mass is 449 g/mol. The van der Waals surface area contributed by atoms with Crippen LogP contribution in [0.3, 0.4) is 0 Å². The number of halogens is 2. The van der Waals surface area contributed by atoms with Crippen LogP contribution in [-0.2, 0) is 11.4 Å². The molecular weight excluding hydrogens is 429 g/mol. The van der Waals surface area contributed by atoms with Gasteiger partial charge in [0.15, 0.2) is 5.75 Å². The number of aryl methyl sites for hydroxylation is 1. The molecule has 3 rings (SSSR count). The fraction of sp³-hybridized carbons (Fsp3) is 0.273. The predicted octanol–water partition coefficient (Wildman–Crippen LogP) is 6.72. The van der Waals surface area contributed by atoms with Crippen molar-refractivity contribution in [3.63, 3.8) is 0 Å². The zero-order valence-electron chi connectivity index (χ0n) is 16.4. The molecule has 1 aliphatic heterocycles. The lowest BCUT2D eigenvalue weighted by molar-refractivity contribution is -0.124. The molecule has 0 radical (unpaired) electrons. The van der Waals surface area contributed by atoms with E-state index < -0.39 is 0 Å². The van der Waals surface area contributed by atoms with Crippen LogP contribution >= 0.6 is 35.0 Å². The van der Waals surface area contributed by atoms with Gasteiger partial charge in [-0.05, 0) is 61.4 Å². The maximum Gasteiger partial charge on any atom is 0.293 e. The van der Waals surface area contributed by atoms with Gasteiger partial charge in [0.2, 0.25) is 0 Å². The van der Waals surface area contributed by atoms with Crippen molar-refractivity contribution in [1.82, 2.24) is 4.90 Å². The van der Waals surface area contributed by atoms with Gasteiger partial charge in [-0.3, -0.25) is 14.5 Å². The number of carbonyl (C=O) groups excluding carboxylic acids is 2. The first-order valence-electron chi connectivity index (χ1n) is 9.24. The van der Waals surface area contributed by atoms with Crippen LogP contribution in [0.1, 0.15) is 37.0 Å². The van der Waals surface area contributed by atoms with E-state index in [4.69, 9.17) is 27.9 Å². The molecule has 0 spiro atoms. The molecule has 4 nitrogen and oxygen atoms in total. The van der Waals surface area contributed by atoms with Crippen molar-refractivity contribution < 1.29 is 14.3 Å². The average molecular weight is 450 g/mol. The number of hydrogen-bond donors (Lipinski definition) is 0. The fourth-order valence-corrected chi connectivity index (χ4v) is 4.38. The number of rotatable bonds is 6. The molecule has 0 N–H and O–H groups in total. The third kappa shape index (κ3) is 4.97. The van der Waals surface area contributed by atoms with E-state index in [1.165, 1.54) is 10.5 Å². The SMILES string of the molecule is CC[C@H](C)N1C(=O)S/C(=C/c2cc(Cl)c(OCc3ccc(C)cc3)c(Cl)c2)C1=O. The summed E-state index contributed by atoms with van der Waals surface area (Å²) in [6.45, 7) is 6.15. The number of benzene rings is 2. The lowest BCUT2D eigenvalue weighted by atomic mass is 10.1. The molecule has 0 aromatic heterocycles. The van der Waals surface area contributed by atoms with Gasteiger partial charge in [0.25, 0.3) is 11.1 Å².